The molecule has 0 atom stereocenters. The van der Waals surface area contributed by atoms with Crippen LogP contribution >= 0.6 is 0 Å². The van der Waals surface area contributed by atoms with Gasteiger partial charge in [0.1, 0.15) is 0 Å². The van der Waals surface area contributed by atoms with Crippen molar-refractivity contribution in [3.63, 3.8) is 0 Å². The van der Waals surface area contributed by atoms with Gasteiger partial charge in [0.05, 0.1) is 17.4 Å². The third-order valence-electron chi connectivity index (χ3n) is 2.09. The Morgan fingerprint density at radius 1 is 1.50 bits per heavy atom. The molecule has 1 aromatic heterocycles. The monoisotopic (exact) mass is 186 g/mol. The highest BCUT2D eigenvalue weighted by molar-refractivity contribution is 6.08. The number of benzene rings is 1. The highest BCUT2D eigenvalue weighted by Crippen LogP contribution is 2.16. The Morgan fingerprint density at radius 2 is 2.36 bits per heavy atom. The van der Waals surface area contributed by atoms with Crippen LogP contribution in [-0.4, -0.2) is 16.2 Å². The summed E-state index contributed by atoms with van der Waals surface area (Å²) in [5, 5.41) is 7.17. The van der Waals surface area contributed by atoms with E-state index in [1.54, 1.807) is 6.33 Å². The van der Waals surface area contributed by atoms with Crippen molar-refractivity contribution in [1.82, 2.24) is 9.97 Å². The van der Waals surface area contributed by atoms with Gasteiger partial charge in [0, 0.05) is 18.0 Å². The second kappa shape index (κ2) is 3.33. The molecular formula is C10H10N4. The van der Waals surface area contributed by atoms with Gasteiger partial charge in [0.2, 0.25) is 0 Å². The van der Waals surface area contributed by atoms with E-state index in [1.807, 2.05) is 18.2 Å². The summed E-state index contributed by atoms with van der Waals surface area (Å²) >= 11 is 0. The van der Waals surface area contributed by atoms with Crippen LogP contribution in [0.5, 0.6) is 0 Å². The average Bonchev–Trinajstić information content (AvgIpc) is 2.66. The van der Waals surface area contributed by atoms with Crippen LogP contribution in [0.15, 0.2) is 30.7 Å². The summed E-state index contributed by atoms with van der Waals surface area (Å²) in [5.74, 6) is 0. The third-order valence-corrected chi connectivity index (χ3v) is 2.09. The van der Waals surface area contributed by atoms with Gasteiger partial charge in [0.25, 0.3) is 0 Å². The predicted molar refractivity (Wildman–Crippen MR) is 57.0 cm³/mol. The summed E-state index contributed by atoms with van der Waals surface area (Å²) < 4.78 is 0. The molecule has 70 valence electrons. The first-order valence-electron chi connectivity index (χ1n) is 4.21. The first kappa shape index (κ1) is 8.50. The highest BCUT2D eigenvalue weighted by atomic mass is 14.9. The minimum Gasteiger partial charge on any atom is -0.404 e. The molecule has 0 aliphatic carbocycles. The molecule has 14 heavy (non-hydrogen) atoms. The van der Waals surface area contributed by atoms with E-state index in [9.17, 15) is 0 Å². The van der Waals surface area contributed by atoms with Gasteiger partial charge in [-0.2, -0.15) is 0 Å². The number of nitrogens with zero attached hydrogens (tertiary/aromatic N) is 1. The Hall–Kier alpha value is -2.10. The number of H-pyrrole nitrogens is 1. The van der Waals surface area contributed by atoms with Crippen LogP contribution < -0.4 is 5.73 Å². The van der Waals surface area contributed by atoms with Crippen molar-refractivity contribution < 1.29 is 0 Å². The molecule has 4 heteroatoms. The van der Waals surface area contributed by atoms with Gasteiger partial charge in [-0.25, -0.2) is 4.98 Å². The zero-order valence-electron chi connectivity index (χ0n) is 7.49. The van der Waals surface area contributed by atoms with Crippen molar-refractivity contribution in [1.29, 1.82) is 5.41 Å². The Labute approximate surface area is 81.0 Å². The quantitative estimate of drug-likeness (QED) is 0.621. The van der Waals surface area contributed by atoms with Crippen LogP contribution in [0.1, 0.15) is 5.56 Å². The number of aromatic amines is 1. The maximum Gasteiger partial charge on any atom is 0.0931 e. The maximum atomic E-state index is 7.17. The molecule has 4 N–H and O–H groups in total. The highest BCUT2D eigenvalue weighted by Gasteiger charge is 2.00. The summed E-state index contributed by atoms with van der Waals surface area (Å²) in [6.45, 7) is 0. The summed E-state index contributed by atoms with van der Waals surface area (Å²) in [5.41, 5.74) is 8.87. The van der Waals surface area contributed by atoms with Gasteiger partial charge in [-0.3, -0.25) is 0 Å². The average molecular weight is 186 g/mol. The fourth-order valence-corrected chi connectivity index (χ4v) is 1.34. The molecule has 2 rings (SSSR count). The van der Waals surface area contributed by atoms with E-state index in [2.05, 4.69) is 9.97 Å². The molecule has 0 aliphatic rings. The second-order valence-corrected chi connectivity index (χ2v) is 2.90. The Balaban J connectivity index is 2.58. The Bertz CT molecular complexity index is 496. The van der Waals surface area contributed by atoms with Crippen LogP contribution in [-0.2, 0) is 0 Å². The number of rotatable bonds is 2. The molecule has 4 nitrogen and oxygen atoms in total. The number of nitrogens with one attached hydrogen (secondary N) is 2. The molecule has 2 aromatic rings. The van der Waals surface area contributed by atoms with Crippen molar-refractivity contribution >= 4 is 22.8 Å². The first-order chi connectivity index (χ1) is 6.85. The zero-order chi connectivity index (χ0) is 9.97. The predicted octanol–water partition coefficient (Wildman–Crippen LogP) is 1.51. The zero-order valence-corrected chi connectivity index (χ0v) is 7.49. The van der Waals surface area contributed by atoms with Gasteiger partial charge in [0.15, 0.2) is 0 Å². The van der Waals surface area contributed by atoms with Crippen LogP contribution in [0.3, 0.4) is 0 Å². The van der Waals surface area contributed by atoms with E-state index in [0.29, 0.717) is 5.57 Å². The van der Waals surface area contributed by atoms with Crippen molar-refractivity contribution in [2.45, 2.75) is 0 Å². The van der Waals surface area contributed by atoms with E-state index in [0.717, 1.165) is 16.6 Å². The smallest absolute Gasteiger partial charge is 0.0931 e. The fourth-order valence-electron chi connectivity index (χ4n) is 1.34. The van der Waals surface area contributed by atoms with E-state index in [1.165, 1.54) is 12.4 Å². The molecule has 1 heterocycles. The van der Waals surface area contributed by atoms with Crippen molar-refractivity contribution in [3.8, 4) is 0 Å². The Morgan fingerprint density at radius 3 is 3.07 bits per heavy atom. The molecule has 0 saturated heterocycles. The molecule has 0 amide bonds. The minimum absolute atomic E-state index is 0.696. The maximum absolute atomic E-state index is 7.17. The molecule has 1 aromatic carbocycles. The number of hydrogen-bond acceptors (Lipinski definition) is 3. The lowest BCUT2D eigenvalue weighted by Crippen LogP contribution is -1.90. The molecule has 0 saturated carbocycles. The Kier molecular flexibility index (Phi) is 2.02. The molecule has 0 unspecified atom stereocenters. The normalized spacial score (nSPS) is 11.9. The summed E-state index contributed by atoms with van der Waals surface area (Å²) in [4.78, 5) is 7.12. The fraction of sp³-hybridized carbons (Fsp3) is 0. The van der Waals surface area contributed by atoms with Crippen LogP contribution in [0.4, 0.5) is 0 Å². The van der Waals surface area contributed by atoms with Crippen molar-refractivity contribution in [2.24, 2.45) is 5.73 Å². The number of hydrogen-bond donors (Lipinski definition) is 3. The van der Waals surface area contributed by atoms with Crippen LogP contribution in [0.2, 0.25) is 0 Å². The van der Waals surface area contributed by atoms with E-state index in [-0.39, 0.29) is 0 Å². The van der Waals surface area contributed by atoms with E-state index >= 15 is 0 Å². The molecular weight excluding hydrogens is 176 g/mol. The number of nitrogens with two attached hydrogens (primary N) is 1. The summed E-state index contributed by atoms with van der Waals surface area (Å²) in [7, 11) is 0. The van der Waals surface area contributed by atoms with Crippen molar-refractivity contribution in [3.05, 3.63) is 36.3 Å². The number of imidazole rings is 1. The van der Waals surface area contributed by atoms with Crippen LogP contribution in [0.25, 0.3) is 16.6 Å². The van der Waals surface area contributed by atoms with Crippen LogP contribution in [0, 0.1) is 5.41 Å². The lowest BCUT2D eigenvalue weighted by atomic mass is 10.1. The van der Waals surface area contributed by atoms with Gasteiger partial charge >= 0.3 is 0 Å². The number of fused-ring (bicyclic) bond motifs is 1. The lowest BCUT2D eigenvalue weighted by molar-refractivity contribution is 1.34. The summed E-state index contributed by atoms with van der Waals surface area (Å²) in [6.07, 6.45) is 4.30. The molecule has 0 spiro atoms. The van der Waals surface area contributed by atoms with Gasteiger partial charge in [-0.1, -0.05) is 6.07 Å². The molecule has 0 fully saturated rings. The SMILES string of the molecule is N=C/C(=C\N)c1ccc2nc[nH]c2c1. The second-order valence-electron chi connectivity index (χ2n) is 2.90. The molecule has 0 bridgehead atoms. The topological polar surface area (TPSA) is 78.6 Å². The van der Waals surface area contributed by atoms with Crippen molar-refractivity contribution in [2.75, 3.05) is 0 Å². The van der Waals surface area contributed by atoms with Gasteiger partial charge in [-0.05, 0) is 17.7 Å². The number of allylic oxidation sites excluding steroid dienone is 1. The lowest BCUT2D eigenvalue weighted by Gasteiger charge is -1.99. The van der Waals surface area contributed by atoms with E-state index in [4.69, 9.17) is 11.1 Å². The van der Waals surface area contributed by atoms with Gasteiger partial charge in [-0.15, -0.1) is 0 Å². The molecule has 0 aliphatic heterocycles. The first-order valence-corrected chi connectivity index (χ1v) is 4.21. The third kappa shape index (κ3) is 1.26. The minimum atomic E-state index is 0.696. The number of aromatic nitrogens is 2. The van der Waals surface area contributed by atoms with Gasteiger partial charge < -0.3 is 16.1 Å². The molecule has 0 radical (unpaired) electrons. The summed E-state index contributed by atoms with van der Waals surface area (Å²) in [6, 6.07) is 5.72. The van der Waals surface area contributed by atoms with E-state index < -0.39 is 0 Å². The standard InChI is InChI=1S/C10H10N4/c11-4-8(5-12)7-1-2-9-10(3-7)14-6-13-9/h1-6,11H,12H2,(H,13,14)/b8-5+,11-4?. The largest absolute Gasteiger partial charge is 0.404 e.